The molecule has 0 saturated carbocycles. The number of hydrogen-bond donors (Lipinski definition) is 3. The number of fused-ring (bicyclic) bond motifs is 1. The second-order valence-corrected chi connectivity index (χ2v) is 5.43. The number of aromatic amines is 1. The van der Waals surface area contributed by atoms with Gasteiger partial charge in [-0.3, -0.25) is 9.89 Å². The van der Waals surface area contributed by atoms with E-state index in [4.69, 9.17) is 5.73 Å². The van der Waals surface area contributed by atoms with Crippen molar-refractivity contribution in [2.75, 3.05) is 12.3 Å². The van der Waals surface area contributed by atoms with E-state index in [-0.39, 0.29) is 5.91 Å². The number of nitrogens with zero attached hydrogens (tertiary/aromatic N) is 2. The predicted octanol–water partition coefficient (Wildman–Crippen LogP) is 1.57. The molecule has 0 atom stereocenters. The molecule has 20 heavy (non-hydrogen) atoms. The molecule has 2 heterocycles. The van der Waals surface area contributed by atoms with Crippen LogP contribution in [0.15, 0.2) is 30.6 Å². The van der Waals surface area contributed by atoms with E-state index in [1.54, 1.807) is 0 Å². The molecule has 0 saturated heterocycles. The predicted molar refractivity (Wildman–Crippen MR) is 78.7 cm³/mol. The molecule has 2 aromatic heterocycles. The maximum Gasteiger partial charge on any atom is 0.261 e. The molecule has 0 fully saturated rings. The fourth-order valence-corrected chi connectivity index (χ4v) is 2.87. The van der Waals surface area contributed by atoms with E-state index in [9.17, 15) is 4.79 Å². The lowest BCUT2D eigenvalue weighted by molar-refractivity contribution is 0.0958. The van der Waals surface area contributed by atoms with Gasteiger partial charge in [0, 0.05) is 23.4 Å². The Morgan fingerprint density at radius 2 is 2.30 bits per heavy atom. The summed E-state index contributed by atoms with van der Waals surface area (Å²) in [6.07, 6.45) is 2.08. The standard InChI is InChI=1S/C13H13N5OS/c14-9-1-2-10-8(5-9)6-11(20-10)13(19)15-4-3-12-16-7-17-18-12/h1-2,5-7H,3-4,14H2,(H,15,19)(H,16,17,18). The Balaban J connectivity index is 1.66. The highest BCUT2D eigenvalue weighted by Crippen LogP contribution is 2.27. The van der Waals surface area contributed by atoms with Crippen LogP contribution in [0.25, 0.3) is 10.1 Å². The number of carbonyl (C=O) groups excluding carboxylic acids is 1. The summed E-state index contributed by atoms with van der Waals surface area (Å²) in [6.45, 7) is 0.518. The third-order valence-electron chi connectivity index (χ3n) is 2.88. The second kappa shape index (κ2) is 5.30. The van der Waals surface area contributed by atoms with Gasteiger partial charge in [-0.25, -0.2) is 4.98 Å². The summed E-state index contributed by atoms with van der Waals surface area (Å²) < 4.78 is 1.06. The van der Waals surface area contributed by atoms with Gasteiger partial charge in [-0.15, -0.1) is 11.3 Å². The molecule has 0 bridgehead atoms. The smallest absolute Gasteiger partial charge is 0.261 e. The Morgan fingerprint density at radius 3 is 3.10 bits per heavy atom. The van der Waals surface area contributed by atoms with E-state index < -0.39 is 0 Å². The average Bonchev–Trinajstić information content (AvgIpc) is 3.06. The summed E-state index contributed by atoms with van der Waals surface area (Å²) in [6, 6.07) is 7.50. The molecule has 0 aliphatic heterocycles. The summed E-state index contributed by atoms with van der Waals surface area (Å²) in [5, 5.41) is 10.4. The summed E-state index contributed by atoms with van der Waals surface area (Å²) >= 11 is 1.46. The van der Waals surface area contributed by atoms with E-state index in [0.29, 0.717) is 23.5 Å². The topological polar surface area (TPSA) is 96.7 Å². The van der Waals surface area contributed by atoms with Gasteiger partial charge in [-0.1, -0.05) is 0 Å². The Morgan fingerprint density at radius 1 is 1.40 bits per heavy atom. The van der Waals surface area contributed by atoms with E-state index in [2.05, 4.69) is 20.5 Å². The quantitative estimate of drug-likeness (QED) is 0.635. The van der Waals surface area contributed by atoms with Crippen molar-refractivity contribution in [3.8, 4) is 0 Å². The van der Waals surface area contributed by atoms with Crippen molar-refractivity contribution in [2.24, 2.45) is 0 Å². The van der Waals surface area contributed by atoms with Gasteiger partial charge in [-0.05, 0) is 29.7 Å². The van der Waals surface area contributed by atoms with Crippen LogP contribution in [0, 0.1) is 0 Å². The summed E-state index contributed by atoms with van der Waals surface area (Å²) in [7, 11) is 0. The number of hydrogen-bond acceptors (Lipinski definition) is 5. The Bertz CT molecular complexity index is 734. The Labute approximate surface area is 119 Å². The van der Waals surface area contributed by atoms with Crippen LogP contribution in [0.3, 0.4) is 0 Å². The number of nitrogens with one attached hydrogen (secondary N) is 2. The minimum atomic E-state index is -0.0794. The van der Waals surface area contributed by atoms with Gasteiger partial charge in [0.1, 0.15) is 12.2 Å². The Kier molecular flexibility index (Phi) is 3.34. The molecule has 102 valence electrons. The zero-order valence-corrected chi connectivity index (χ0v) is 11.4. The lowest BCUT2D eigenvalue weighted by atomic mass is 10.2. The van der Waals surface area contributed by atoms with Gasteiger partial charge in [0.15, 0.2) is 0 Å². The fraction of sp³-hybridized carbons (Fsp3) is 0.154. The number of nitrogen functional groups attached to an aromatic ring is 1. The number of thiophene rings is 1. The molecule has 7 heteroatoms. The highest BCUT2D eigenvalue weighted by Gasteiger charge is 2.10. The zero-order chi connectivity index (χ0) is 13.9. The van der Waals surface area contributed by atoms with Crippen LogP contribution in [0.2, 0.25) is 0 Å². The number of nitrogens with two attached hydrogens (primary N) is 1. The van der Waals surface area contributed by atoms with Gasteiger partial charge in [0.2, 0.25) is 0 Å². The van der Waals surface area contributed by atoms with E-state index in [1.165, 1.54) is 17.7 Å². The third kappa shape index (κ3) is 2.62. The number of aromatic nitrogens is 3. The molecular formula is C13H13N5OS. The van der Waals surface area contributed by atoms with Crippen molar-refractivity contribution in [1.29, 1.82) is 0 Å². The monoisotopic (exact) mass is 287 g/mol. The molecule has 3 rings (SSSR count). The van der Waals surface area contributed by atoms with Crippen LogP contribution in [0.5, 0.6) is 0 Å². The molecule has 0 unspecified atom stereocenters. The lowest BCUT2D eigenvalue weighted by Gasteiger charge is -2.00. The number of rotatable bonds is 4. The fourth-order valence-electron chi connectivity index (χ4n) is 1.91. The van der Waals surface area contributed by atoms with Crippen molar-refractivity contribution < 1.29 is 4.79 Å². The van der Waals surface area contributed by atoms with Crippen molar-refractivity contribution in [3.63, 3.8) is 0 Å². The summed E-state index contributed by atoms with van der Waals surface area (Å²) in [5.74, 6) is 0.679. The first kappa shape index (κ1) is 12.6. The minimum absolute atomic E-state index is 0.0794. The van der Waals surface area contributed by atoms with Gasteiger partial charge in [0.05, 0.1) is 4.88 Å². The number of carbonyl (C=O) groups is 1. The molecule has 0 radical (unpaired) electrons. The van der Waals surface area contributed by atoms with Crippen LogP contribution < -0.4 is 11.1 Å². The molecule has 1 amide bonds. The third-order valence-corrected chi connectivity index (χ3v) is 3.99. The summed E-state index contributed by atoms with van der Waals surface area (Å²) in [5.41, 5.74) is 6.43. The van der Waals surface area contributed by atoms with Crippen molar-refractivity contribution in [3.05, 3.63) is 41.3 Å². The van der Waals surface area contributed by atoms with Crippen LogP contribution in [0.1, 0.15) is 15.5 Å². The van der Waals surface area contributed by atoms with Gasteiger partial charge in [-0.2, -0.15) is 5.10 Å². The molecular weight excluding hydrogens is 274 g/mol. The van der Waals surface area contributed by atoms with Crippen LogP contribution >= 0.6 is 11.3 Å². The molecule has 0 aliphatic carbocycles. The Hall–Kier alpha value is -2.41. The number of benzene rings is 1. The normalized spacial score (nSPS) is 10.8. The van der Waals surface area contributed by atoms with Gasteiger partial charge in [0.25, 0.3) is 5.91 Å². The van der Waals surface area contributed by atoms with Crippen molar-refractivity contribution >= 4 is 33.0 Å². The zero-order valence-electron chi connectivity index (χ0n) is 10.6. The summed E-state index contributed by atoms with van der Waals surface area (Å²) in [4.78, 5) is 16.7. The number of anilines is 1. The minimum Gasteiger partial charge on any atom is -0.399 e. The maximum absolute atomic E-state index is 12.0. The van der Waals surface area contributed by atoms with Crippen LogP contribution in [-0.4, -0.2) is 27.6 Å². The molecule has 0 spiro atoms. The van der Waals surface area contributed by atoms with Crippen LogP contribution in [-0.2, 0) is 6.42 Å². The highest BCUT2D eigenvalue weighted by molar-refractivity contribution is 7.20. The highest BCUT2D eigenvalue weighted by atomic mass is 32.1. The first-order chi connectivity index (χ1) is 9.72. The number of amides is 1. The molecule has 6 nitrogen and oxygen atoms in total. The van der Waals surface area contributed by atoms with Gasteiger partial charge < -0.3 is 11.1 Å². The van der Waals surface area contributed by atoms with E-state index in [1.807, 2.05) is 24.3 Å². The van der Waals surface area contributed by atoms with Crippen molar-refractivity contribution in [1.82, 2.24) is 20.5 Å². The number of H-pyrrole nitrogens is 1. The van der Waals surface area contributed by atoms with E-state index in [0.717, 1.165) is 15.9 Å². The average molecular weight is 287 g/mol. The largest absolute Gasteiger partial charge is 0.399 e. The lowest BCUT2D eigenvalue weighted by Crippen LogP contribution is -2.25. The first-order valence-corrected chi connectivity index (χ1v) is 6.95. The van der Waals surface area contributed by atoms with E-state index >= 15 is 0 Å². The SMILES string of the molecule is Nc1ccc2sc(C(=O)NCCc3ncn[nH]3)cc2c1. The molecule has 1 aromatic carbocycles. The molecule has 3 aromatic rings. The van der Waals surface area contributed by atoms with Gasteiger partial charge >= 0.3 is 0 Å². The first-order valence-electron chi connectivity index (χ1n) is 6.14. The second-order valence-electron chi connectivity index (χ2n) is 4.35. The van der Waals surface area contributed by atoms with Crippen LogP contribution in [0.4, 0.5) is 5.69 Å². The molecule has 4 N–H and O–H groups in total. The maximum atomic E-state index is 12.0. The van der Waals surface area contributed by atoms with Crippen molar-refractivity contribution in [2.45, 2.75) is 6.42 Å². The molecule has 0 aliphatic rings.